The zero-order chi connectivity index (χ0) is 14.6. The van der Waals surface area contributed by atoms with Gasteiger partial charge >= 0.3 is 5.97 Å². The third-order valence-corrected chi connectivity index (χ3v) is 3.78. The van der Waals surface area contributed by atoms with Gasteiger partial charge in [0.25, 0.3) is 5.91 Å². The first-order valence-corrected chi connectivity index (χ1v) is 6.81. The number of halogens is 1. The van der Waals surface area contributed by atoms with Gasteiger partial charge in [-0.25, -0.2) is 4.79 Å². The molecule has 0 aliphatic heterocycles. The summed E-state index contributed by atoms with van der Waals surface area (Å²) in [5.41, 5.74) is 1.39. The van der Waals surface area contributed by atoms with Crippen molar-refractivity contribution in [3.63, 3.8) is 0 Å². The first-order valence-electron chi connectivity index (χ1n) is 6.02. The van der Waals surface area contributed by atoms with Crippen molar-refractivity contribution in [1.82, 2.24) is 5.32 Å². The highest BCUT2D eigenvalue weighted by Gasteiger charge is 2.25. The molecule has 0 heterocycles. The van der Waals surface area contributed by atoms with Crippen molar-refractivity contribution in [2.24, 2.45) is 5.92 Å². The van der Waals surface area contributed by atoms with E-state index in [1.807, 2.05) is 26.8 Å². The van der Waals surface area contributed by atoms with Crippen LogP contribution in [-0.2, 0) is 9.53 Å². The quantitative estimate of drug-likeness (QED) is 0.865. The van der Waals surface area contributed by atoms with Crippen molar-refractivity contribution in [3.8, 4) is 0 Å². The Kier molecular flexibility index (Phi) is 5.54. The van der Waals surface area contributed by atoms with Gasteiger partial charge in [-0.05, 0) is 30.5 Å². The number of nitrogens with one attached hydrogen (secondary N) is 1. The summed E-state index contributed by atoms with van der Waals surface area (Å²) in [6.07, 6.45) is 0. The smallest absolute Gasteiger partial charge is 0.328 e. The first kappa shape index (κ1) is 15.7. The second-order valence-corrected chi connectivity index (χ2v) is 5.49. The monoisotopic (exact) mass is 327 g/mol. The van der Waals surface area contributed by atoms with Crippen molar-refractivity contribution in [2.75, 3.05) is 7.11 Å². The third-order valence-electron chi connectivity index (χ3n) is 2.92. The zero-order valence-corrected chi connectivity index (χ0v) is 13.1. The van der Waals surface area contributed by atoms with Crippen LogP contribution in [0.5, 0.6) is 0 Å². The minimum Gasteiger partial charge on any atom is -0.467 e. The maximum absolute atomic E-state index is 12.2. The van der Waals surface area contributed by atoms with Crippen LogP contribution in [0.2, 0.25) is 0 Å². The average Bonchev–Trinajstić information content (AvgIpc) is 2.37. The van der Waals surface area contributed by atoms with E-state index in [1.165, 1.54) is 7.11 Å². The van der Waals surface area contributed by atoms with Crippen LogP contribution in [0.3, 0.4) is 0 Å². The Morgan fingerprint density at radius 3 is 2.47 bits per heavy atom. The molecule has 1 aromatic rings. The second-order valence-electron chi connectivity index (χ2n) is 4.63. The van der Waals surface area contributed by atoms with Crippen LogP contribution in [0.15, 0.2) is 22.7 Å². The Morgan fingerprint density at radius 2 is 1.95 bits per heavy atom. The normalized spacial score (nSPS) is 12.1. The molecule has 0 saturated carbocycles. The molecule has 104 valence electrons. The van der Waals surface area contributed by atoms with E-state index in [0.29, 0.717) is 5.56 Å². The van der Waals surface area contributed by atoms with Gasteiger partial charge in [0, 0.05) is 10.0 Å². The van der Waals surface area contributed by atoms with Gasteiger partial charge < -0.3 is 10.1 Å². The molecule has 1 amide bonds. The molecule has 0 aromatic heterocycles. The number of ether oxygens (including phenoxy) is 1. The average molecular weight is 328 g/mol. The Hall–Kier alpha value is -1.36. The summed E-state index contributed by atoms with van der Waals surface area (Å²) in [4.78, 5) is 23.8. The van der Waals surface area contributed by atoms with Gasteiger partial charge in [0.1, 0.15) is 6.04 Å². The Balaban J connectivity index is 2.94. The Bertz CT molecular complexity index is 486. The van der Waals surface area contributed by atoms with Gasteiger partial charge in [-0.2, -0.15) is 0 Å². The molecule has 1 atom stereocenters. The van der Waals surface area contributed by atoms with E-state index < -0.39 is 12.0 Å². The number of benzene rings is 1. The second kappa shape index (κ2) is 6.70. The molecule has 1 N–H and O–H groups in total. The number of carbonyl (C=O) groups is 2. The summed E-state index contributed by atoms with van der Waals surface area (Å²) in [7, 11) is 1.31. The molecular formula is C14H18BrNO3. The van der Waals surface area contributed by atoms with Crippen LogP contribution in [0.4, 0.5) is 0 Å². The van der Waals surface area contributed by atoms with Crippen molar-refractivity contribution in [3.05, 3.63) is 33.8 Å². The summed E-state index contributed by atoms with van der Waals surface area (Å²) in [5.74, 6) is -0.747. The van der Waals surface area contributed by atoms with Crippen LogP contribution >= 0.6 is 15.9 Å². The molecule has 1 aromatic carbocycles. The van der Waals surface area contributed by atoms with Gasteiger partial charge in [0.05, 0.1) is 7.11 Å². The van der Waals surface area contributed by atoms with Crippen molar-refractivity contribution in [2.45, 2.75) is 26.8 Å². The number of esters is 1. The number of amides is 1. The van der Waals surface area contributed by atoms with E-state index >= 15 is 0 Å². The third kappa shape index (κ3) is 3.80. The standard InChI is InChI=1S/C14H18BrNO3/c1-8(2)12(14(18)19-4)16-13(17)10-6-5-7-11(15)9(10)3/h5-8,12H,1-4H3,(H,16,17)/t12-/m0/s1. The van der Waals surface area contributed by atoms with Gasteiger partial charge in [0.2, 0.25) is 0 Å². The van der Waals surface area contributed by atoms with Crippen LogP contribution in [0, 0.1) is 12.8 Å². The molecule has 0 aliphatic rings. The molecule has 5 heteroatoms. The topological polar surface area (TPSA) is 55.4 Å². The predicted molar refractivity (Wildman–Crippen MR) is 77.0 cm³/mol. The molecule has 0 aliphatic carbocycles. The molecule has 1 rings (SSSR count). The molecular weight excluding hydrogens is 310 g/mol. The molecule has 0 fully saturated rings. The minimum absolute atomic E-state index is 0.0381. The highest BCUT2D eigenvalue weighted by molar-refractivity contribution is 9.10. The van der Waals surface area contributed by atoms with E-state index in [9.17, 15) is 9.59 Å². The Labute approximate surface area is 121 Å². The van der Waals surface area contributed by atoms with Gasteiger partial charge in [-0.1, -0.05) is 35.8 Å². The van der Waals surface area contributed by atoms with E-state index in [1.54, 1.807) is 12.1 Å². The molecule has 19 heavy (non-hydrogen) atoms. The van der Waals surface area contributed by atoms with Crippen LogP contribution in [-0.4, -0.2) is 25.0 Å². The van der Waals surface area contributed by atoms with E-state index in [2.05, 4.69) is 21.2 Å². The lowest BCUT2D eigenvalue weighted by molar-refractivity contribution is -0.144. The zero-order valence-electron chi connectivity index (χ0n) is 11.5. The van der Waals surface area contributed by atoms with Gasteiger partial charge in [-0.3, -0.25) is 4.79 Å². The van der Waals surface area contributed by atoms with Crippen LogP contribution < -0.4 is 5.32 Å². The number of hydrogen-bond donors (Lipinski definition) is 1. The maximum atomic E-state index is 12.2. The molecule has 0 bridgehead atoms. The number of carbonyl (C=O) groups excluding carboxylic acids is 2. The van der Waals surface area contributed by atoms with Crippen molar-refractivity contribution >= 4 is 27.8 Å². The summed E-state index contributed by atoms with van der Waals surface area (Å²) in [5, 5.41) is 2.72. The molecule has 0 spiro atoms. The van der Waals surface area contributed by atoms with Crippen LogP contribution in [0.1, 0.15) is 29.8 Å². The van der Waals surface area contributed by atoms with Crippen LogP contribution in [0.25, 0.3) is 0 Å². The number of methoxy groups -OCH3 is 1. The summed E-state index contributed by atoms with van der Waals surface area (Å²) in [6.45, 7) is 5.56. The lowest BCUT2D eigenvalue weighted by atomic mass is 10.0. The fraction of sp³-hybridized carbons (Fsp3) is 0.429. The highest BCUT2D eigenvalue weighted by Crippen LogP contribution is 2.19. The highest BCUT2D eigenvalue weighted by atomic mass is 79.9. The van der Waals surface area contributed by atoms with Crippen molar-refractivity contribution < 1.29 is 14.3 Å². The summed E-state index contributed by atoms with van der Waals surface area (Å²) in [6, 6.07) is 4.74. The molecule has 0 unspecified atom stereocenters. The number of rotatable bonds is 4. The van der Waals surface area contributed by atoms with Crippen molar-refractivity contribution in [1.29, 1.82) is 0 Å². The largest absolute Gasteiger partial charge is 0.467 e. The SMILES string of the molecule is COC(=O)[C@@H](NC(=O)c1cccc(Br)c1C)C(C)C. The fourth-order valence-corrected chi connectivity index (χ4v) is 2.06. The lowest BCUT2D eigenvalue weighted by Gasteiger charge is -2.20. The van der Waals surface area contributed by atoms with E-state index in [0.717, 1.165) is 10.0 Å². The van der Waals surface area contributed by atoms with E-state index in [4.69, 9.17) is 4.74 Å². The predicted octanol–water partition coefficient (Wildman–Crippen LogP) is 2.68. The molecule has 0 saturated heterocycles. The summed E-state index contributed by atoms with van der Waals surface area (Å²) >= 11 is 3.38. The number of hydrogen-bond acceptors (Lipinski definition) is 3. The molecule has 4 nitrogen and oxygen atoms in total. The maximum Gasteiger partial charge on any atom is 0.328 e. The van der Waals surface area contributed by atoms with Gasteiger partial charge in [0.15, 0.2) is 0 Å². The molecule has 0 radical (unpaired) electrons. The fourth-order valence-electron chi connectivity index (χ4n) is 1.70. The van der Waals surface area contributed by atoms with E-state index in [-0.39, 0.29) is 11.8 Å². The first-order chi connectivity index (χ1) is 8.88. The minimum atomic E-state index is -0.643. The lowest BCUT2D eigenvalue weighted by Crippen LogP contribution is -2.45. The van der Waals surface area contributed by atoms with Gasteiger partial charge in [-0.15, -0.1) is 0 Å². The Morgan fingerprint density at radius 1 is 1.32 bits per heavy atom. The summed E-state index contributed by atoms with van der Waals surface area (Å²) < 4.78 is 5.56.